The number of aliphatic carboxylic acids is 1. The summed E-state index contributed by atoms with van der Waals surface area (Å²) >= 11 is 0. The average Bonchev–Trinajstić information content (AvgIpc) is 2.81. The van der Waals surface area contributed by atoms with E-state index >= 15 is 0 Å². The third-order valence-corrected chi connectivity index (χ3v) is 2.92. The van der Waals surface area contributed by atoms with Crippen molar-refractivity contribution in [1.29, 1.82) is 0 Å². The molecule has 0 saturated carbocycles. The van der Waals surface area contributed by atoms with Crippen LogP contribution in [0.25, 0.3) is 0 Å². The maximum Gasteiger partial charge on any atom is 0.331 e. The number of carboxylic acid groups (broad SMARTS) is 1. The fraction of sp³-hybridized carbons (Fsp3) is 0.643. The van der Waals surface area contributed by atoms with E-state index in [4.69, 9.17) is 9.52 Å². The van der Waals surface area contributed by atoms with Crippen molar-refractivity contribution in [2.24, 2.45) is 0 Å². The number of hydrogen-bond acceptors (Lipinski definition) is 4. The van der Waals surface area contributed by atoms with E-state index in [1.54, 1.807) is 0 Å². The predicted octanol–water partition coefficient (Wildman–Crippen LogP) is 3.16. The Morgan fingerprint density at radius 3 is 2.47 bits per heavy atom. The van der Waals surface area contributed by atoms with Gasteiger partial charge in [0.2, 0.25) is 11.8 Å². The van der Waals surface area contributed by atoms with Gasteiger partial charge in [-0.25, -0.2) is 4.79 Å². The number of aryl methyl sites for hydroxylation is 1. The first kappa shape index (κ1) is 15.4. The molecule has 0 unspecified atom stereocenters. The molecule has 5 heteroatoms. The number of hydrogen-bond donors (Lipinski definition) is 1. The van der Waals surface area contributed by atoms with Gasteiger partial charge >= 0.3 is 5.97 Å². The van der Waals surface area contributed by atoms with Crippen molar-refractivity contribution in [3.8, 4) is 0 Å². The molecule has 0 saturated heterocycles. The largest absolute Gasteiger partial charge is 0.478 e. The first-order valence-electron chi connectivity index (χ1n) is 6.85. The van der Waals surface area contributed by atoms with Crippen molar-refractivity contribution in [2.75, 3.05) is 0 Å². The Morgan fingerprint density at radius 2 is 1.79 bits per heavy atom. The molecular formula is C14H22N2O3. The standard InChI is InChI=1S/C14H22N2O3/c1-3-4-5-6-7-8-9-12-15-16-13(19-12)10-11(2)14(17)18/h2-10H2,1H3,(H,17,18). The maximum absolute atomic E-state index is 10.6. The SMILES string of the molecule is C=C(Cc1nnc(CCCCCCCC)o1)C(=O)O. The van der Waals surface area contributed by atoms with Crippen LogP contribution in [0.5, 0.6) is 0 Å². The zero-order valence-corrected chi connectivity index (χ0v) is 11.5. The number of unbranched alkanes of at least 4 members (excludes halogenated alkanes) is 5. The molecule has 5 nitrogen and oxygen atoms in total. The molecule has 1 aromatic heterocycles. The Labute approximate surface area is 113 Å². The second kappa shape index (κ2) is 8.45. The van der Waals surface area contributed by atoms with Gasteiger partial charge in [-0.2, -0.15) is 0 Å². The minimum atomic E-state index is -1.03. The molecule has 1 rings (SSSR count). The third-order valence-electron chi connectivity index (χ3n) is 2.92. The molecule has 0 radical (unpaired) electrons. The molecule has 1 aromatic rings. The molecule has 0 aliphatic rings. The molecule has 0 fully saturated rings. The summed E-state index contributed by atoms with van der Waals surface area (Å²) in [5, 5.41) is 16.4. The van der Waals surface area contributed by atoms with Crippen LogP contribution in [0.4, 0.5) is 0 Å². The highest BCUT2D eigenvalue weighted by Crippen LogP contribution is 2.11. The molecule has 0 amide bonds. The molecule has 0 aliphatic carbocycles. The smallest absolute Gasteiger partial charge is 0.331 e. The lowest BCUT2D eigenvalue weighted by Gasteiger charge is -1.98. The second-order valence-electron chi connectivity index (χ2n) is 4.69. The van der Waals surface area contributed by atoms with Gasteiger partial charge in [0.15, 0.2) is 0 Å². The average molecular weight is 266 g/mol. The number of carboxylic acids is 1. The van der Waals surface area contributed by atoms with Crippen LogP contribution in [0, 0.1) is 0 Å². The highest BCUT2D eigenvalue weighted by Gasteiger charge is 2.11. The van der Waals surface area contributed by atoms with Gasteiger partial charge in [0.05, 0.1) is 6.42 Å². The van der Waals surface area contributed by atoms with E-state index < -0.39 is 5.97 Å². The van der Waals surface area contributed by atoms with Gasteiger partial charge in [-0.3, -0.25) is 0 Å². The van der Waals surface area contributed by atoms with Crippen LogP contribution in [-0.2, 0) is 17.6 Å². The topological polar surface area (TPSA) is 76.2 Å². The fourth-order valence-electron chi connectivity index (χ4n) is 1.78. The van der Waals surface area contributed by atoms with E-state index in [1.807, 2.05) is 0 Å². The number of aromatic nitrogens is 2. The van der Waals surface area contributed by atoms with Crippen molar-refractivity contribution in [2.45, 2.75) is 58.3 Å². The Balaban J connectivity index is 2.23. The third kappa shape index (κ3) is 6.18. The van der Waals surface area contributed by atoms with Gasteiger partial charge in [-0.05, 0) is 6.42 Å². The maximum atomic E-state index is 10.6. The quantitative estimate of drug-likeness (QED) is 0.520. The molecule has 0 aromatic carbocycles. The first-order chi connectivity index (χ1) is 9.13. The van der Waals surface area contributed by atoms with Crippen LogP contribution in [-0.4, -0.2) is 21.3 Å². The predicted molar refractivity (Wildman–Crippen MR) is 71.9 cm³/mol. The Hall–Kier alpha value is -1.65. The Morgan fingerprint density at radius 1 is 1.16 bits per heavy atom. The van der Waals surface area contributed by atoms with E-state index in [-0.39, 0.29) is 12.0 Å². The highest BCUT2D eigenvalue weighted by atomic mass is 16.4. The van der Waals surface area contributed by atoms with Gasteiger partial charge in [0, 0.05) is 12.0 Å². The van der Waals surface area contributed by atoms with Crippen molar-refractivity contribution in [3.05, 3.63) is 23.9 Å². The van der Waals surface area contributed by atoms with Crippen LogP contribution in [0.1, 0.15) is 57.2 Å². The summed E-state index contributed by atoms with van der Waals surface area (Å²) in [4.78, 5) is 10.6. The summed E-state index contributed by atoms with van der Waals surface area (Å²) in [5.74, 6) is -0.118. The monoisotopic (exact) mass is 266 g/mol. The second-order valence-corrected chi connectivity index (χ2v) is 4.69. The minimum absolute atomic E-state index is 0.0646. The van der Waals surface area contributed by atoms with E-state index in [2.05, 4.69) is 23.7 Å². The molecule has 0 spiro atoms. The fourth-order valence-corrected chi connectivity index (χ4v) is 1.78. The summed E-state index contributed by atoms with van der Waals surface area (Å²) in [6.45, 7) is 5.63. The highest BCUT2D eigenvalue weighted by molar-refractivity contribution is 5.86. The van der Waals surface area contributed by atoms with Gasteiger partial charge < -0.3 is 9.52 Å². The van der Waals surface area contributed by atoms with Crippen LogP contribution in [0.3, 0.4) is 0 Å². The van der Waals surface area contributed by atoms with Crippen molar-refractivity contribution < 1.29 is 14.3 Å². The van der Waals surface area contributed by atoms with Gasteiger partial charge in [-0.1, -0.05) is 45.6 Å². The van der Waals surface area contributed by atoms with Gasteiger partial charge in [0.25, 0.3) is 0 Å². The normalized spacial score (nSPS) is 10.6. The van der Waals surface area contributed by atoms with E-state index in [9.17, 15) is 4.79 Å². The van der Waals surface area contributed by atoms with Crippen molar-refractivity contribution in [1.82, 2.24) is 10.2 Å². The first-order valence-corrected chi connectivity index (χ1v) is 6.85. The Kier molecular flexibility index (Phi) is 6.85. The summed E-state index contributed by atoms with van der Waals surface area (Å²) < 4.78 is 5.39. The lowest BCUT2D eigenvalue weighted by molar-refractivity contribution is -0.132. The molecule has 19 heavy (non-hydrogen) atoms. The molecule has 1 N–H and O–H groups in total. The van der Waals surface area contributed by atoms with Crippen molar-refractivity contribution in [3.63, 3.8) is 0 Å². The Bertz CT molecular complexity index is 413. The van der Waals surface area contributed by atoms with Gasteiger partial charge in [-0.15, -0.1) is 10.2 Å². The molecule has 1 heterocycles. The summed E-state index contributed by atoms with van der Waals surface area (Å²) in [6.07, 6.45) is 8.14. The van der Waals surface area contributed by atoms with Crippen LogP contribution < -0.4 is 0 Å². The van der Waals surface area contributed by atoms with Crippen LogP contribution in [0.2, 0.25) is 0 Å². The number of nitrogens with zero attached hydrogens (tertiary/aromatic N) is 2. The summed E-state index contributed by atoms with van der Waals surface area (Å²) in [7, 11) is 0. The molecule has 0 atom stereocenters. The minimum Gasteiger partial charge on any atom is -0.478 e. The molecule has 0 bridgehead atoms. The summed E-state index contributed by atoms with van der Waals surface area (Å²) in [6, 6.07) is 0. The van der Waals surface area contributed by atoms with E-state index in [0.29, 0.717) is 11.8 Å². The van der Waals surface area contributed by atoms with Crippen LogP contribution in [0.15, 0.2) is 16.6 Å². The van der Waals surface area contributed by atoms with E-state index in [1.165, 1.54) is 32.1 Å². The molecule has 0 aliphatic heterocycles. The van der Waals surface area contributed by atoms with Crippen LogP contribution >= 0.6 is 0 Å². The lowest BCUT2D eigenvalue weighted by atomic mass is 10.1. The zero-order chi connectivity index (χ0) is 14.1. The molecular weight excluding hydrogens is 244 g/mol. The van der Waals surface area contributed by atoms with E-state index in [0.717, 1.165) is 12.8 Å². The number of carbonyl (C=O) groups is 1. The zero-order valence-electron chi connectivity index (χ0n) is 11.5. The molecule has 106 valence electrons. The van der Waals surface area contributed by atoms with Crippen molar-refractivity contribution >= 4 is 5.97 Å². The summed E-state index contributed by atoms with van der Waals surface area (Å²) in [5.41, 5.74) is 0.0646. The number of rotatable bonds is 10. The lowest BCUT2D eigenvalue weighted by Crippen LogP contribution is -2.02. The van der Waals surface area contributed by atoms with Gasteiger partial charge in [0.1, 0.15) is 0 Å².